The lowest BCUT2D eigenvalue weighted by Crippen LogP contribution is -2.11. The number of benzene rings is 1. The van der Waals surface area contributed by atoms with Crippen LogP contribution in [-0.4, -0.2) is 24.6 Å². The van der Waals surface area contributed by atoms with Gasteiger partial charge in [-0.3, -0.25) is 0 Å². The Hall–Kier alpha value is -2.91. The summed E-state index contributed by atoms with van der Waals surface area (Å²) in [7, 11) is 0. The molecular formula is C12H10F3N7. The third kappa shape index (κ3) is 2.75. The van der Waals surface area contributed by atoms with Crippen molar-refractivity contribution in [3.63, 3.8) is 0 Å². The standard InChI is InChI=1S/C12H10F3N7/c13-12(14,15)8-3-1-7(2-4-8)5-17-10-20-9(16)21-11-18-6-19-22(10)11/h1-4,6H,5H2,(H3,16,17,18,19,20,21). The predicted octanol–water partition coefficient (Wildman–Crippen LogP) is 1.73. The van der Waals surface area contributed by atoms with Gasteiger partial charge in [-0.25, -0.2) is 0 Å². The minimum absolute atomic E-state index is 0.0235. The van der Waals surface area contributed by atoms with Crippen molar-refractivity contribution in [2.24, 2.45) is 0 Å². The molecule has 3 N–H and O–H groups in total. The van der Waals surface area contributed by atoms with E-state index in [1.807, 2.05) is 0 Å². The molecule has 0 radical (unpaired) electrons. The first-order valence-corrected chi connectivity index (χ1v) is 6.17. The number of halogens is 3. The van der Waals surface area contributed by atoms with Gasteiger partial charge in [-0.15, -0.1) is 0 Å². The molecule has 0 aliphatic carbocycles. The number of nitrogens with one attached hydrogen (secondary N) is 1. The van der Waals surface area contributed by atoms with E-state index >= 15 is 0 Å². The van der Waals surface area contributed by atoms with Crippen LogP contribution in [0, 0.1) is 0 Å². The molecule has 2 aromatic heterocycles. The number of hydrogen-bond acceptors (Lipinski definition) is 6. The van der Waals surface area contributed by atoms with Crippen molar-refractivity contribution in [3.8, 4) is 0 Å². The Morgan fingerprint density at radius 2 is 1.86 bits per heavy atom. The Bertz CT molecular complexity index is 795. The zero-order valence-corrected chi connectivity index (χ0v) is 11.0. The van der Waals surface area contributed by atoms with Gasteiger partial charge in [0.1, 0.15) is 6.33 Å². The van der Waals surface area contributed by atoms with E-state index in [4.69, 9.17) is 5.73 Å². The maximum absolute atomic E-state index is 12.5. The summed E-state index contributed by atoms with van der Waals surface area (Å²) in [5.74, 6) is 0.609. The van der Waals surface area contributed by atoms with Crippen LogP contribution in [0.3, 0.4) is 0 Å². The highest BCUT2D eigenvalue weighted by molar-refractivity contribution is 5.42. The Labute approximate surface area is 122 Å². The normalized spacial score (nSPS) is 11.8. The summed E-state index contributed by atoms with van der Waals surface area (Å²) in [6.45, 7) is 0.254. The highest BCUT2D eigenvalue weighted by Gasteiger charge is 2.29. The number of fused-ring (bicyclic) bond motifs is 1. The quantitative estimate of drug-likeness (QED) is 0.765. The van der Waals surface area contributed by atoms with Gasteiger partial charge >= 0.3 is 6.18 Å². The van der Waals surface area contributed by atoms with Crippen molar-refractivity contribution in [3.05, 3.63) is 41.7 Å². The Balaban J connectivity index is 1.78. The largest absolute Gasteiger partial charge is 0.416 e. The minimum Gasteiger partial charge on any atom is -0.368 e. The second-order valence-corrected chi connectivity index (χ2v) is 4.43. The molecule has 22 heavy (non-hydrogen) atoms. The minimum atomic E-state index is -4.35. The first-order valence-electron chi connectivity index (χ1n) is 6.17. The van der Waals surface area contributed by atoms with Gasteiger partial charge in [0.25, 0.3) is 5.78 Å². The average molecular weight is 309 g/mol. The lowest BCUT2D eigenvalue weighted by Gasteiger charge is -2.09. The molecule has 3 aromatic rings. The third-order valence-corrected chi connectivity index (χ3v) is 2.90. The van der Waals surface area contributed by atoms with Gasteiger partial charge in [-0.05, 0) is 17.7 Å². The van der Waals surface area contributed by atoms with Crippen LogP contribution in [0.1, 0.15) is 11.1 Å². The van der Waals surface area contributed by atoms with E-state index in [1.54, 1.807) is 0 Å². The molecular weight excluding hydrogens is 299 g/mol. The molecule has 0 saturated heterocycles. The summed E-state index contributed by atoms with van der Waals surface area (Å²) < 4.78 is 38.8. The predicted molar refractivity (Wildman–Crippen MR) is 71.8 cm³/mol. The molecule has 0 saturated carbocycles. The van der Waals surface area contributed by atoms with Crippen molar-refractivity contribution >= 4 is 17.7 Å². The monoisotopic (exact) mass is 309 g/mol. The molecule has 3 rings (SSSR count). The molecule has 0 spiro atoms. The zero-order valence-electron chi connectivity index (χ0n) is 11.0. The van der Waals surface area contributed by atoms with Gasteiger partial charge < -0.3 is 11.1 Å². The number of anilines is 2. The van der Waals surface area contributed by atoms with Crippen LogP contribution in [0.25, 0.3) is 5.78 Å². The lowest BCUT2D eigenvalue weighted by molar-refractivity contribution is -0.137. The molecule has 10 heteroatoms. The molecule has 0 unspecified atom stereocenters. The highest BCUT2D eigenvalue weighted by atomic mass is 19.4. The van der Waals surface area contributed by atoms with E-state index in [-0.39, 0.29) is 18.3 Å². The SMILES string of the molecule is Nc1nc(NCc2ccc(C(F)(F)F)cc2)n2ncnc2n1. The van der Waals surface area contributed by atoms with Crippen molar-refractivity contribution < 1.29 is 13.2 Å². The van der Waals surface area contributed by atoms with E-state index < -0.39 is 11.7 Å². The summed E-state index contributed by atoms with van der Waals surface area (Å²) in [5.41, 5.74) is 5.51. The second kappa shape index (κ2) is 5.13. The number of nitrogens with zero attached hydrogens (tertiary/aromatic N) is 5. The Morgan fingerprint density at radius 1 is 1.14 bits per heavy atom. The number of aromatic nitrogens is 5. The first kappa shape index (κ1) is 14.0. The van der Waals surface area contributed by atoms with Crippen molar-refractivity contribution in [2.75, 3.05) is 11.1 Å². The topological polar surface area (TPSA) is 94.0 Å². The highest BCUT2D eigenvalue weighted by Crippen LogP contribution is 2.29. The fourth-order valence-corrected chi connectivity index (χ4v) is 1.85. The van der Waals surface area contributed by atoms with Crippen LogP contribution in [0.4, 0.5) is 25.1 Å². The van der Waals surface area contributed by atoms with Crippen molar-refractivity contribution in [2.45, 2.75) is 12.7 Å². The molecule has 1 aromatic carbocycles. The average Bonchev–Trinajstić information content (AvgIpc) is 2.92. The molecule has 7 nitrogen and oxygen atoms in total. The molecule has 2 heterocycles. The maximum atomic E-state index is 12.5. The zero-order chi connectivity index (χ0) is 15.7. The van der Waals surface area contributed by atoms with Gasteiger partial charge in [0.15, 0.2) is 0 Å². The second-order valence-electron chi connectivity index (χ2n) is 4.43. The van der Waals surface area contributed by atoms with E-state index in [9.17, 15) is 13.2 Å². The first-order chi connectivity index (χ1) is 10.4. The van der Waals surface area contributed by atoms with E-state index in [1.165, 1.54) is 23.0 Å². The fourth-order valence-electron chi connectivity index (χ4n) is 1.85. The third-order valence-electron chi connectivity index (χ3n) is 2.90. The number of rotatable bonds is 3. The van der Waals surface area contributed by atoms with Gasteiger partial charge in [-0.2, -0.15) is 37.7 Å². The van der Waals surface area contributed by atoms with Gasteiger partial charge in [0.05, 0.1) is 5.56 Å². The van der Waals surface area contributed by atoms with Crippen LogP contribution >= 0.6 is 0 Å². The van der Waals surface area contributed by atoms with Gasteiger partial charge in [-0.1, -0.05) is 12.1 Å². The number of hydrogen-bond donors (Lipinski definition) is 2. The molecule has 0 aliphatic rings. The van der Waals surface area contributed by atoms with Crippen molar-refractivity contribution in [1.82, 2.24) is 24.6 Å². The van der Waals surface area contributed by atoms with Crippen LogP contribution in [0.15, 0.2) is 30.6 Å². The maximum Gasteiger partial charge on any atom is 0.416 e. The summed E-state index contributed by atoms with van der Waals surface area (Å²) >= 11 is 0. The molecule has 0 aliphatic heterocycles. The molecule has 0 amide bonds. The fraction of sp³-hybridized carbons (Fsp3) is 0.167. The van der Waals surface area contributed by atoms with Gasteiger partial charge in [0.2, 0.25) is 11.9 Å². The Morgan fingerprint density at radius 3 is 2.55 bits per heavy atom. The Kier molecular flexibility index (Phi) is 3.28. The van der Waals surface area contributed by atoms with E-state index in [0.717, 1.165) is 12.1 Å². The number of nitrogen functional groups attached to an aromatic ring is 1. The number of nitrogens with two attached hydrogens (primary N) is 1. The molecule has 0 atom stereocenters. The summed E-state index contributed by atoms with van der Waals surface area (Å²) in [6, 6.07) is 4.82. The van der Waals surface area contributed by atoms with E-state index in [0.29, 0.717) is 11.5 Å². The summed E-state index contributed by atoms with van der Waals surface area (Å²) in [4.78, 5) is 11.8. The summed E-state index contributed by atoms with van der Waals surface area (Å²) in [6.07, 6.45) is -3.05. The lowest BCUT2D eigenvalue weighted by atomic mass is 10.1. The molecule has 0 bridgehead atoms. The molecule has 114 valence electrons. The van der Waals surface area contributed by atoms with Crippen LogP contribution in [0.2, 0.25) is 0 Å². The summed E-state index contributed by atoms with van der Waals surface area (Å²) in [5, 5.41) is 6.87. The van der Waals surface area contributed by atoms with E-state index in [2.05, 4.69) is 25.4 Å². The smallest absolute Gasteiger partial charge is 0.368 e. The van der Waals surface area contributed by atoms with Crippen LogP contribution < -0.4 is 11.1 Å². The van der Waals surface area contributed by atoms with Crippen LogP contribution in [0.5, 0.6) is 0 Å². The van der Waals surface area contributed by atoms with Crippen LogP contribution in [-0.2, 0) is 12.7 Å². The van der Waals surface area contributed by atoms with Crippen molar-refractivity contribution in [1.29, 1.82) is 0 Å². The van der Waals surface area contributed by atoms with Gasteiger partial charge in [0, 0.05) is 6.54 Å². The number of alkyl halides is 3. The molecule has 0 fully saturated rings.